The van der Waals surface area contributed by atoms with Gasteiger partial charge in [-0.1, -0.05) is 26.8 Å². The van der Waals surface area contributed by atoms with Gasteiger partial charge in [0, 0.05) is 13.0 Å². The van der Waals surface area contributed by atoms with Crippen LogP contribution in [-0.2, 0) is 9.09 Å². The molecule has 4 nitrogen and oxygen atoms in total. The first kappa shape index (κ1) is 14.5. The first-order valence-electron chi connectivity index (χ1n) is 5.58. The molecule has 17 heavy (non-hydrogen) atoms. The maximum Gasteiger partial charge on any atom is 0.328 e. The van der Waals surface area contributed by atoms with Crippen LogP contribution < -0.4 is 0 Å². The predicted octanol–water partition coefficient (Wildman–Crippen LogP) is 3.25. The first-order chi connectivity index (χ1) is 7.58. The Bertz CT molecular complexity index is 415. The van der Waals surface area contributed by atoms with Crippen LogP contribution in [-0.4, -0.2) is 23.3 Å². The lowest BCUT2D eigenvalue weighted by Gasteiger charge is -2.20. The molecule has 0 aliphatic heterocycles. The fraction of sp³-hybridized carbons (Fsp3) is 0.667. The SMILES string of the molecule is COP(=O)(O)CC1C=C(C(C)(C)C)C(O)=C1C. The Labute approximate surface area is 103 Å². The summed E-state index contributed by atoms with van der Waals surface area (Å²) in [5.41, 5.74) is 1.39. The highest BCUT2D eigenvalue weighted by Crippen LogP contribution is 2.48. The fourth-order valence-corrected chi connectivity index (χ4v) is 2.94. The second-order valence-electron chi connectivity index (χ2n) is 5.47. The summed E-state index contributed by atoms with van der Waals surface area (Å²) in [5.74, 6) is 0.0265. The first-order valence-corrected chi connectivity index (χ1v) is 7.34. The van der Waals surface area contributed by atoms with E-state index < -0.39 is 7.60 Å². The summed E-state index contributed by atoms with van der Waals surface area (Å²) in [7, 11) is -2.33. The minimum atomic E-state index is -3.56. The molecule has 0 saturated carbocycles. The van der Waals surface area contributed by atoms with Crippen molar-refractivity contribution in [3.8, 4) is 0 Å². The van der Waals surface area contributed by atoms with Crippen molar-refractivity contribution in [2.45, 2.75) is 27.7 Å². The molecule has 0 aromatic carbocycles. The molecular formula is C12H21O4P. The number of hydrogen-bond donors (Lipinski definition) is 2. The van der Waals surface area contributed by atoms with Crippen molar-refractivity contribution < 1.29 is 19.1 Å². The van der Waals surface area contributed by atoms with Gasteiger partial charge in [-0.25, -0.2) is 0 Å². The van der Waals surface area contributed by atoms with Crippen molar-refractivity contribution in [1.82, 2.24) is 0 Å². The van der Waals surface area contributed by atoms with E-state index in [0.717, 1.165) is 11.1 Å². The number of rotatable bonds is 3. The Hall–Kier alpha value is -0.570. The van der Waals surface area contributed by atoms with Gasteiger partial charge in [0.15, 0.2) is 0 Å². The molecule has 0 bridgehead atoms. The largest absolute Gasteiger partial charge is 0.508 e. The Morgan fingerprint density at radius 2 is 2.00 bits per heavy atom. The fourth-order valence-electron chi connectivity index (χ4n) is 1.91. The van der Waals surface area contributed by atoms with E-state index in [0.29, 0.717) is 0 Å². The minimum absolute atomic E-state index is 0.0129. The molecule has 0 amide bonds. The Kier molecular flexibility index (Phi) is 3.92. The molecule has 2 atom stereocenters. The molecule has 0 saturated heterocycles. The maximum absolute atomic E-state index is 11.5. The summed E-state index contributed by atoms with van der Waals surface area (Å²) < 4.78 is 16.1. The van der Waals surface area contributed by atoms with E-state index in [1.165, 1.54) is 7.11 Å². The van der Waals surface area contributed by atoms with Crippen LogP contribution in [0.3, 0.4) is 0 Å². The van der Waals surface area contributed by atoms with Crippen molar-refractivity contribution in [1.29, 1.82) is 0 Å². The van der Waals surface area contributed by atoms with Crippen LogP contribution in [0, 0.1) is 11.3 Å². The highest BCUT2D eigenvalue weighted by atomic mass is 31.2. The number of hydrogen-bond acceptors (Lipinski definition) is 3. The highest BCUT2D eigenvalue weighted by Gasteiger charge is 2.34. The van der Waals surface area contributed by atoms with E-state index in [4.69, 9.17) is 0 Å². The zero-order valence-corrected chi connectivity index (χ0v) is 11.9. The summed E-state index contributed by atoms with van der Waals surface area (Å²) in [6.45, 7) is 7.78. The van der Waals surface area contributed by atoms with E-state index >= 15 is 0 Å². The van der Waals surface area contributed by atoms with Crippen LogP contribution in [0.2, 0.25) is 0 Å². The molecule has 5 heteroatoms. The van der Waals surface area contributed by atoms with Gasteiger partial charge in [-0.05, 0) is 23.5 Å². The minimum Gasteiger partial charge on any atom is -0.508 e. The Morgan fingerprint density at radius 1 is 1.47 bits per heavy atom. The molecule has 0 heterocycles. The summed E-state index contributed by atoms with van der Waals surface area (Å²) in [6.07, 6.45) is 1.88. The maximum atomic E-state index is 11.5. The van der Waals surface area contributed by atoms with Crippen LogP contribution in [0.5, 0.6) is 0 Å². The normalized spacial score (nSPS) is 24.8. The average molecular weight is 260 g/mol. The van der Waals surface area contributed by atoms with Crippen molar-refractivity contribution in [3.05, 3.63) is 23.0 Å². The molecule has 1 rings (SSSR count). The van der Waals surface area contributed by atoms with E-state index in [1.807, 2.05) is 26.8 Å². The lowest BCUT2D eigenvalue weighted by molar-refractivity contribution is 0.313. The molecule has 0 aromatic heterocycles. The molecule has 0 fully saturated rings. The van der Waals surface area contributed by atoms with E-state index in [2.05, 4.69) is 4.52 Å². The summed E-state index contributed by atoms with van der Waals surface area (Å²) in [4.78, 5) is 9.48. The molecule has 0 spiro atoms. The average Bonchev–Trinajstić information content (AvgIpc) is 2.45. The van der Waals surface area contributed by atoms with Gasteiger partial charge in [-0.2, -0.15) is 0 Å². The second-order valence-corrected chi connectivity index (χ2v) is 7.48. The smallest absolute Gasteiger partial charge is 0.328 e. The summed E-state index contributed by atoms with van der Waals surface area (Å²) in [5, 5.41) is 10.0. The lowest BCUT2D eigenvalue weighted by Crippen LogP contribution is -2.10. The quantitative estimate of drug-likeness (QED) is 0.764. The third-order valence-corrected chi connectivity index (χ3v) is 4.50. The molecule has 2 N–H and O–H groups in total. The molecule has 2 unspecified atom stereocenters. The molecule has 0 radical (unpaired) electrons. The standard InChI is InChI=1S/C12H21O4P/c1-8-9(7-17(14,15)16-5)6-10(11(8)13)12(2,3)4/h6,9,13H,7H2,1-5H3,(H,14,15). The predicted molar refractivity (Wildman–Crippen MR) is 68.1 cm³/mol. The van der Waals surface area contributed by atoms with Gasteiger partial charge in [0.05, 0.1) is 6.16 Å². The second kappa shape index (κ2) is 4.60. The van der Waals surface area contributed by atoms with Crippen molar-refractivity contribution >= 4 is 7.60 Å². The molecule has 98 valence electrons. The van der Waals surface area contributed by atoms with Gasteiger partial charge in [0.25, 0.3) is 0 Å². The van der Waals surface area contributed by atoms with Crippen LogP contribution in [0.1, 0.15) is 27.7 Å². The van der Waals surface area contributed by atoms with Crippen LogP contribution in [0.25, 0.3) is 0 Å². The summed E-state index contributed by atoms with van der Waals surface area (Å²) >= 11 is 0. The van der Waals surface area contributed by atoms with Crippen LogP contribution in [0.4, 0.5) is 0 Å². The van der Waals surface area contributed by atoms with Crippen LogP contribution in [0.15, 0.2) is 23.0 Å². The van der Waals surface area contributed by atoms with Gasteiger partial charge < -0.3 is 14.5 Å². The van der Waals surface area contributed by atoms with Gasteiger partial charge in [0.2, 0.25) is 0 Å². The number of aliphatic hydroxyl groups is 1. The van der Waals surface area contributed by atoms with Gasteiger partial charge >= 0.3 is 7.60 Å². The molecule has 0 aromatic rings. The molecule has 1 aliphatic rings. The lowest BCUT2D eigenvalue weighted by atomic mass is 9.86. The highest BCUT2D eigenvalue weighted by molar-refractivity contribution is 7.52. The van der Waals surface area contributed by atoms with E-state index in [-0.39, 0.29) is 23.3 Å². The summed E-state index contributed by atoms with van der Waals surface area (Å²) in [6, 6.07) is 0. The third kappa shape index (κ3) is 3.21. The van der Waals surface area contributed by atoms with Gasteiger partial charge in [0.1, 0.15) is 5.76 Å². The topological polar surface area (TPSA) is 66.8 Å². The molecule has 1 aliphatic carbocycles. The number of allylic oxidation sites excluding steroid dienone is 3. The zero-order valence-electron chi connectivity index (χ0n) is 11.0. The van der Waals surface area contributed by atoms with E-state index in [9.17, 15) is 14.6 Å². The van der Waals surface area contributed by atoms with Crippen LogP contribution >= 0.6 is 7.60 Å². The van der Waals surface area contributed by atoms with Gasteiger partial charge in [-0.15, -0.1) is 0 Å². The Morgan fingerprint density at radius 3 is 2.35 bits per heavy atom. The Balaban J connectivity index is 3.00. The monoisotopic (exact) mass is 260 g/mol. The molecular weight excluding hydrogens is 239 g/mol. The van der Waals surface area contributed by atoms with Crippen molar-refractivity contribution in [2.75, 3.05) is 13.3 Å². The third-order valence-electron chi connectivity index (χ3n) is 3.07. The number of aliphatic hydroxyl groups excluding tert-OH is 1. The zero-order chi connectivity index (χ0) is 13.4. The van der Waals surface area contributed by atoms with Crippen molar-refractivity contribution in [2.24, 2.45) is 11.3 Å². The van der Waals surface area contributed by atoms with E-state index in [1.54, 1.807) is 6.92 Å². The van der Waals surface area contributed by atoms with Gasteiger partial charge in [-0.3, -0.25) is 4.57 Å². The van der Waals surface area contributed by atoms with Crippen molar-refractivity contribution in [3.63, 3.8) is 0 Å².